The second-order valence-corrected chi connectivity index (χ2v) is 12.7. The van der Waals surface area contributed by atoms with Crippen LogP contribution in [0.5, 0.6) is 0 Å². The number of fused-ring (bicyclic) bond motifs is 1. The van der Waals surface area contributed by atoms with Crippen LogP contribution in [0.2, 0.25) is 0 Å². The number of piperazine rings is 1. The summed E-state index contributed by atoms with van der Waals surface area (Å²) >= 11 is 1.48. The minimum atomic E-state index is -3.77. The highest BCUT2D eigenvalue weighted by molar-refractivity contribution is 7.89. The summed E-state index contributed by atoms with van der Waals surface area (Å²) in [5.41, 5.74) is 3.47. The van der Waals surface area contributed by atoms with Gasteiger partial charge >= 0.3 is 6.09 Å². The van der Waals surface area contributed by atoms with Gasteiger partial charge in [-0.05, 0) is 76.3 Å². The highest BCUT2D eigenvalue weighted by Gasteiger charge is 2.31. The van der Waals surface area contributed by atoms with Gasteiger partial charge in [-0.2, -0.15) is 4.31 Å². The molecule has 2 aromatic carbocycles. The second kappa shape index (κ2) is 13.3. The number of anilines is 1. The van der Waals surface area contributed by atoms with E-state index in [1.165, 1.54) is 32.7 Å². The van der Waals surface area contributed by atoms with Gasteiger partial charge in [0.15, 0.2) is 5.13 Å². The van der Waals surface area contributed by atoms with E-state index in [0.29, 0.717) is 23.8 Å². The Hall–Kier alpha value is -2.77. The first-order chi connectivity index (χ1) is 18.5. The number of hydrogen-bond donors (Lipinski definition) is 0. The quantitative estimate of drug-likeness (QED) is 0.380. The number of carbonyl (C=O) groups excluding carboxylic acids is 2. The number of aromatic nitrogens is 1. The van der Waals surface area contributed by atoms with Gasteiger partial charge in [0.2, 0.25) is 10.0 Å². The maximum absolute atomic E-state index is 13.7. The second-order valence-electron chi connectivity index (χ2n) is 9.80. The minimum Gasteiger partial charge on any atom is -0.450 e. The molecule has 0 N–H and O–H groups in total. The topological polar surface area (TPSA) is 103 Å². The number of aryl methyl sites for hydroxylation is 2. The van der Waals surface area contributed by atoms with Crippen LogP contribution in [-0.2, 0) is 14.8 Å². The smallest absolute Gasteiger partial charge is 0.409 e. The van der Waals surface area contributed by atoms with Gasteiger partial charge in [0.1, 0.15) is 0 Å². The Morgan fingerprint density at radius 2 is 1.68 bits per heavy atom. The van der Waals surface area contributed by atoms with E-state index in [1.54, 1.807) is 24.0 Å². The Labute approximate surface area is 246 Å². The van der Waals surface area contributed by atoms with Gasteiger partial charge < -0.3 is 14.5 Å². The average molecular weight is 610 g/mol. The highest BCUT2D eigenvalue weighted by atomic mass is 35.5. The predicted octanol–water partition coefficient (Wildman–Crippen LogP) is 4.01. The normalized spacial score (nSPS) is 14.3. The van der Waals surface area contributed by atoms with Crippen molar-refractivity contribution in [3.05, 3.63) is 53.1 Å². The molecular weight excluding hydrogens is 574 g/mol. The molecule has 0 bridgehead atoms. The first kappa shape index (κ1) is 31.8. The van der Waals surface area contributed by atoms with Crippen LogP contribution in [-0.4, -0.2) is 99.5 Å². The fourth-order valence-corrected chi connectivity index (χ4v) is 6.93. The van der Waals surface area contributed by atoms with E-state index < -0.39 is 16.1 Å². The molecule has 40 heavy (non-hydrogen) atoms. The van der Waals surface area contributed by atoms with E-state index in [0.717, 1.165) is 21.3 Å². The van der Waals surface area contributed by atoms with E-state index in [1.807, 2.05) is 38.9 Å². The van der Waals surface area contributed by atoms with Crippen LogP contribution in [0, 0.1) is 13.8 Å². The van der Waals surface area contributed by atoms with Gasteiger partial charge in [-0.25, -0.2) is 18.2 Å². The van der Waals surface area contributed by atoms with Gasteiger partial charge in [-0.1, -0.05) is 17.4 Å². The lowest BCUT2D eigenvalue weighted by Crippen LogP contribution is -2.50. The Bertz CT molecular complexity index is 1450. The zero-order valence-corrected chi connectivity index (χ0v) is 25.9. The molecule has 2 heterocycles. The summed E-state index contributed by atoms with van der Waals surface area (Å²) in [6.07, 6.45) is -0.436. The van der Waals surface area contributed by atoms with Crippen molar-refractivity contribution in [2.45, 2.75) is 25.7 Å². The number of halogens is 1. The van der Waals surface area contributed by atoms with Crippen molar-refractivity contribution < 1.29 is 22.7 Å². The molecule has 3 aromatic rings. The van der Waals surface area contributed by atoms with Crippen LogP contribution in [0.15, 0.2) is 41.3 Å². The van der Waals surface area contributed by atoms with Gasteiger partial charge in [0, 0.05) is 44.8 Å². The number of likely N-dealkylation sites (N-methyl/N-ethyl adjacent to an activating group) is 1. The molecule has 10 nitrogen and oxygen atoms in total. The third-order valence-electron chi connectivity index (χ3n) is 6.56. The molecule has 1 fully saturated rings. The van der Waals surface area contributed by atoms with Crippen molar-refractivity contribution in [3.63, 3.8) is 0 Å². The molecule has 0 aliphatic carbocycles. The number of benzene rings is 2. The molecule has 2 amide bonds. The van der Waals surface area contributed by atoms with Crippen molar-refractivity contribution in [3.8, 4) is 0 Å². The van der Waals surface area contributed by atoms with Gasteiger partial charge in [0.25, 0.3) is 5.91 Å². The van der Waals surface area contributed by atoms with Crippen LogP contribution in [0.1, 0.15) is 28.4 Å². The number of hydrogen-bond acceptors (Lipinski definition) is 8. The number of carbonyl (C=O) groups is 2. The first-order valence-electron chi connectivity index (χ1n) is 12.9. The summed E-state index contributed by atoms with van der Waals surface area (Å²) in [7, 11) is 0.117. The molecule has 0 atom stereocenters. The zero-order valence-electron chi connectivity index (χ0n) is 23.4. The average Bonchev–Trinajstić information content (AvgIpc) is 3.33. The van der Waals surface area contributed by atoms with Crippen molar-refractivity contribution in [1.82, 2.24) is 19.1 Å². The summed E-state index contributed by atoms with van der Waals surface area (Å²) in [5, 5.41) is 0.613. The molecule has 1 saturated heterocycles. The molecule has 1 aliphatic heterocycles. The third kappa shape index (κ3) is 6.92. The number of thiazole rings is 1. The van der Waals surface area contributed by atoms with E-state index in [-0.39, 0.29) is 56.0 Å². The largest absolute Gasteiger partial charge is 0.450 e. The zero-order chi connectivity index (χ0) is 28.3. The standard InChI is InChI=1S/C27H35N5O5S2.ClH/c1-6-37-27(34)30-12-14-31(15-13-30)39(35,36)22-9-7-21(8-10-22)25(33)32(16-11-29(4)5)26-28-23-18-19(2)17-20(3)24(23)38-26;/h7-10,17-18H,6,11-16H2,1-5H3;1H. The molecule has 4 rings (SSSR count). The maximum Gasteiger partial charge on any atom is 0.409 e. The van der Waals surface area contributed by atoms with Crippen molar-refractivity contribution in [2.75, 3.05) is 64.9 Å². The Balaban J connectivity index is 0.00000441. The Morgan fingerprint density at radius 3 is 2.27 bits per heavy atom. The molecular formula is C27H36ClN5O5S2. The number of amides is 2. The van der Waals surface area contributed by atoms with Gasteiger partial charge in [-0.15, -0.1) is 12.4 Å². The molecule has 0 radical (unpaired) electrons. The lowest BCUT2D eigenvalue weighted by atomic mass is 10.1. The Kier molecular flexibility index (Phi) is 10.5. The summed E-state index contributed by atoms with van der Waals surface area (Å²) in [6, 6.07) is 10.2. The van der Waals surface area contributed by atoms with E-state index in [2.05, 4.69) is 6.07 Å². The van der Waals surface area contributed by atoms with Crippen LogP contribution in [0.3, 0.4) is 0 Å². The SMILES string of the molecule is CCOC(=O)N1CCN(S(=O)(=O)c2ccc(C(=O)N(CCN(C)C)c3nc4cc(C)cc(C)c4s3)cc2)CC1.Cl. The van der Waals surface area contributed by atoms with Crippen LogP contribution < -0.4 is 4.90 Å². The van der Waals surface area contributed by atoms with Crippen LogP contribution in [0.25, 0.3) is 10.2 Å². The fraction of sp³-hybridized carbons (Fsp3) is 0.444. The number of ether oxygens (including phenoxy) is 1. The maximum atomic E-state index is 13.7. The molecule has 1 aliphatic rings. The van der Waals surface area contributed by atoms with Crippen molar-refractivity contribution in [2.24, 2.45) is 0 Å². The summed E-state index contributed by atoms with van der Waals surface area (Å²) in [6.45, 7) is 8.02. The molecule has 1 aromatic heterocycles. The lowest BCUT2D eigenvalue weighted by Gasteiger charge is -2.33. The van der Waals surface area contributed by atoms with Crippen molar-refractivity contribution in [1.29, 1.82) is 0 Å². The first-order valence-corrected chi connectivity index (χ1v) is 15.1. The molecule has 13 heteroatoms. The Morgan fingerprint density at radius 1 is 1.02 bits per heavy atom. The van der Waals surface area contributed by atoms with Crippen LogP contribution in [0.4, 0.5) is 9.93 Å². The number of rotatable bonds is 8. The molecule has 218 valence electrons. The summed E-state index contributed by atoms with van der Waals surface area (Å²) < 4.78 is 33.9. The summed E-state index contributed by atoms with van der Waals surface area (Å²) in [5.74, 6) is -0.239. The fourth-order valence-electron chi connectivity index (χ4n) is 4.46. The van der Waals surface area contributed by atoms with Gasteiger partial charge in [-0.3, -0.25) is 9.69 Å². The van der Waals surface area contributed by atoms with E-state index in [9.17, 15) is 18.0 Å². The van der Waals surface area contributed by atoms with E-state index in [4.69, 9.17) is 9.72 Å². The summed E-state index contributed by atoms with van der Waals surface area (Å²) in [4.78, 5) is 35.7. The molecule has 0 spiro atoms. The molecule has 0 saturated carbocycles. The minimum absolute atomic E-state index is 0. The predicted molar refractivity (Wildman–Crippen MR) is 160 cm³/mol. The lowest BCUT2D eigenvalue weighted by molar-refractivity contribution is 0.0933. The van der Waals surface area contributed by atoms with Crippen LogP contribution >= 0.6 is 23.7 Å². The number of nitrogens with zero attached hydrogens (tertiary/aromatic N) is 5. The monoisotopic (exact) mass is 609 g/mol. The highest BCUT2D eigenvalue weighted by Crippen LogP contribution is 2.33. The third-order valence-corrected chi connectivity index (χ3v) is 9.70. The number of sulfonamides is 1. The molecule has 0 unspecified atom stereocenters. The van der Waals surface area contributed by atoms with E-state index >= 15 is 0 Å². The van der Waals surface area contributed by atoms with Gasteiger partial charge in [0.05, 0.1) is 21.7 Å². The van der Waals surface area contributed by atoms with Crippen molar-refractivity contribution >= 4 is 61.1 Å².